The van der Waals surface area contributed by atoms with Crippen LogP contribution < -0.4 is 5.32 Å². The lowest BCUT2D eigenvalue weighted by Crippen LogP contribution is -2.36. The summed E-state index contributed by atoms with van der Waals surface area (Å²) in [7, 11) is 0. The molecule has 3 rings (SSSR count). The van der Waals surface area contributed by atoms with Crippen molar-refractivity contribution < 1.29 is 0 Å². The summed E-state index contributed by atoms with van der Waals surface area (Å²) in [6.45, 7) is 5.24. The molecule has 3 nitrogen and oxygen atoms in total. The molecule has 1 N–H and O–H groups in total. The average Bonchev–Trinajstić information content (AvgIpc) is 3.04. The third-order valence-corrected chi connectivity index (χ3v) is 4.87. The Bertz CT molecular complexity index is 579. The molecule has 2 heterocycles. The van der Waals surface area contributed by atoms with E-state index in [0.29, 0.717) is 12.0 Å². The molecule has 1 aliphatic carbocycles. The van der Waals surface area contributed by atoms with Crippen LogP contribution in [0, 0.1) is 6.92 Å². The highest BCUT2D eigenvalue weighted by molar-refractivity contribution is 7.09. The van der Waals surface area contributed by atoms with E-state index in [4.69, 9.17) is 0 Å². The predicted octanol–water partition coefficient (Wildman–Crippen LogP) is 3.10. The summed E-state index contributed by atoms with van der Waals surface area (Å²) in [6.07, 6.45) is 5.28. The fraction of sp³-hybridized carbons (Fsp3) is 0.500. The van der Waals surface area contributed by atoms with Crippen LogP contribution >= 0.6 is 11.3 Å². The highest BCUT2D eigenvalue weighted by Crippen LogP contribution is 2.34. The van der Waals surface area contributed by atoms with Gasteiger partial charge in [0, 0.05) is 35.7 Å². The molecule has 0 amide bonds. The number of fused-ring (bicyclic) bond motifs is 1. The Morgan fingerprint density at radius 3 is 3.15 bits per heavy atom. The van der Waals surface area contributed by atoms with Crippen molar-refractivity contribution in [3.8, 4) is 0 Å². The predicted molar refractivity (Wildman–Crippen MR) is 83.3 cm³/mol. The first-order chi connectivity index (χ1) is 9.78. The van der Waals surface area contributed by atoms with Crippen molar-refractivity contribution in [2.24, 2.45) is 0 Å². The van der Waals surface area contributed by atoms with Gasteiger partial charge in [-0.3, -0.25) is 4.98 Å². The Morgan fingerprint density at radius 2 is 2.40 bits per heavy atom. The van der Waals surface area contributed by atoms with Gasteiger partial charge in [-0.15, -0.1) is 11.3 Å². The van der Waals surface area contributed by atoms with Crippen molar-refractivity contribution in [2.75, 3.05) is 6.54 Å². The molecule has 0 bridgehead atoms. The van der Waals surface area contributed by atoms with E-state index < -0.39 is 0 Å². The summed E-state index contributed by atoms with van der Waals surface area (Å²) in [5, 5.41) is 6.99. The maximum atomic E-state index is 4.63. The Labute approximate surface area is 124 Å². The Balaban J connectivity index is 1.81. The fourth-order valence-corrected chi connectivity index (χ4v) is 3.81. The minimum absolute atomic E-state index is 0.442. The van der Waals surface area contributed by atoms with E-state index in [1.54, 1.807) is 11.3 Å². The normalized spacial score (nSPS) is 19.0. The van der Waals surface area contributed by atoms with Gasteiger partial charge in [-0.1, -0.05) is 13.0 Å². The van der Waals surface area contributed by atoms with Gasteiger partial charge in [0.05, 0.1) is 10.7 Å². The van der Waals surface area contributed by atoms with Crippen molar-refractivity contribution >= 4 is 11.3 Å². The molecule has 1 aliphatic rings. The monoisotopic (exact) mass is 287 g/mol. The number of nitrogens with one attached hydrogen (secondary N) is 1. The average molecular weight is 287 g/mol. The molecular formula is C16H21N3S. The van der Waals surface area contributed by atoms with Gasteiger partial charge < -0.3 is 5.32 Å². The zero-order valence-corrected chi connectivity index (χ0v) is 12.9. The van der Waals surface area contributed by atoms with Crippen molar-refractivity contribution in [2.45, 2.75) is 45.1 Å². The lowest BCUT2D eigenvalue weighted by molar-refractivity contribution is 0.427. The lowest BCUT2D eigenvalue weighted by Gasteiger charge is -2.24. The molecule has 0 saturated heterocycles. The van der Waals surface area contributed by atoms with Crippen LogP contribution in [0.3, 0.4) is 0 Å². The summed E-state index contributed by atoms with van der Waals surface area (Å²) in [4.78, 5) is 9.25. The molecule has 0 aliphatic heterocycles. The molecule has 106 valence electrons. The van der Waals surface area contributed by atoms with E-state index in [-0.39, 0.29) is 0 Å². The second-order valence-corrected chi connectivity index (χ2v) is 6.48. The largest absolute Gasteiger partial charge is 0.313 e. The van der Waals surface area contributed by atoms with Crippen LogP contribution in [0.25, 0.3) is 0 Å². The van der Waals surface area contributed by atoms with Gasteiger partial charge in [-0.25, -0.2) is 4.98 Å². The first-order valence-corrected chi connectivity index (χ1v) is 8.24. The summed E-state index contributed by atoms with van der Waals surface area (Å²) < 4.78 is 0. The van der Waals surface area contributed by atoms with E-state index in [1.807, 2.05) is 12.3 Å². The van der Waals surface area contributed by atoms with Crippen LogP contribution in [0.4, 0.5) is 0 Å². The van der Waals surface area contributed by atoms with E-state index in [1.165, 1.54) is 23.4 Å². The highest BCUT2D eigenvalue weighted by atomic mass is 32.1. The lowest BCUT2D eigenvalue weighted by atomic mass is 9.93. The van der Waals surface area contributed by atoms with Crippen LogP contribution in [0.2, 0.25) is 0 Å². The molecule has 0 spiro atoms. The second-order valence-electron chi connectivity index (χ2n) is 5.42. The van der Waals surface area contributed by atoms with Gasteiger partial charge in [-0.05, 0) is 37.9 Å². The summed E-state index contributed by atoms with van der Waals surface area (Å²) in [5.41, 5.74) is 3.93. The number of hydrogen-bond acceptors (Lipinski definition) is 4. The Hall–Kier alpha value is -1.26. The molecule has 0 saturated carbocycles. The summed E-state index contributed by atoms with van der Waals surface area (Å²) in [6, 6.07) is 4.71. The van der Waals surface area contributed by atoms with Crippen LogP contribution in [0.15, 0.2) is 23.7 Å². The number of rotatable bonds is 5. The molecule has 4 heteroatoms. The van der Waals surface area contributed by atoms with Crippen molar-refractivity contribution in [1.29, 1.82) is 0 Å². The molecule has 2 atom stereocenters. The van der Waals surface area contributed by atoms with Crippen molar-refractivity contribution in [3.05, 3.63) is 45.7 Å². The fourth-order valence-electron chi connectivity index (χ4n) is 3.18. The first kappa shape index (κ1) is 13.7. The van der Waals surface area contributed by atoms with Crippen molar-refractivity contribution in [1.82, 2.24) is 15.3 Å². The third-order valence-electron chi connectivity index (χ3n) is 4.05. The standard InChI is InChI=1S/C16H21N3S/c1-3-17-15(9-13-10-20-11(2)19-13)14-7-6-12-5-4-8-18-16(12)14/h4-5,8,10,14-15,17H,3,6-7,9H2,1-2H3. The van der Waals surface area contributed by atoms with E-state index in [9.17, 15) is 0 Å². The number of thiazole rings is 1. The van der Waals surface area contributed by atoms with Crippen LogP contribution in [0.5, 0.6) is 0 Å². The SMILES string of the molecule is CCNC(Cc1csc(C)n1)C1CCc2cccnc21. The van der Waals surface area contributed by atoms with Crippen molar-refractivity contribution in [3.63, 3.8) is 0 Å². The van der Waals surface area contributed by atoms with E-state index in [2.05, 4.69) is 40.6 Å². The summed E-state index contributed by atoms with van der Waals surface area (Å²) in [5.74, 6) is 0.521. The van der Waals surface area contributed by atoms with Crippen LogP contribution in [0.1, 0.15) is 41.2 Å². The minimum atomic E-state index is 0.442. The van der Waals surface area contributed by atoms with Crippen LogP contribution in [-0.2, 0) is 12.8 Å². The molecule has 0 aromatic carbocycles. The number of likely N-dealkylation sites (N-methyl/N-ethyl adjacent to an activating group) is 1. The zero-order chi connectivity index (χ0) is 13.9. The number of hydrogen-bond donors (Lipinski definition) is 1. The van der Waals surface area contributed by atoms with E-state index >= 15 is 0 Å². The molecule has 0 radical (unpaired) electrons. The van der Waals surface area contributed by atoms with Gasteiger partial charge >= 0.3 is 0 Å². The molecule has 2 aromatic heterocycles. The molecule has 20 heavy (non-hydrogen) atoms. The highest BCUT2D eigenvalue weighted by Gasteiger charge is 2.30. The molecular weight excluding hydrogens is 266 g/mol. The number of aryl methyl sites for hydroxylation is 2. The molecule has 0 fully saturated rings. The number of aromatic nitrogens is 2. The quantitative estimate of drug-likeness (QED) is 0.918. The molecule has 2 aromatic rings. The second kappa shape index (κ2) is 6.02. The van der Waals surface area contributed by atoms with Gasteiger partial charge in [-0.2, -0.15) is 0 Å². The Kier molecular flexibility index (Phi) is 4.13. The zero-order valence-electron chi connectivity index (χ0n) is 12.1. The topological polar surface area (TPSA) is 37.8 Å². The molecule has 2 unspecified atom stereocenters. The first-order valence-electron chi connectivity index (χ1n) is 7.36. The van der Waals surface area contributed by atoms with Crippen LogP contribution in [-0.4, -0.2) is 22.6 Å². The van der Waals surface area contributed by atoms with Gasteiger partial charge in [0.1, 0.15) is 0 Å². The Morgan fingerprint density at radius 1 is 1.50 bits per heavy atom. The number of pyridine rings is 1. The van der Waals surface area contributed by atoms with Gasteiger partial charge in [0.2, 0.25) is 0 Å². The number of nitrogens with zero attached hydrogens (tertiary/aromatic N) is 2. The van der Waals surface area contributed by atoms with Gasteiger partial charge in [0.25, 0.3) is 0 Å². The third kappa shape index (κ3) is 2.76. The maximum absolute atomic E-state index is 4.63. The van der Waals surface area contributed by atoms with E-state index in [0.717, 1.165) is 24.4 Å². The smallest absolute Gasteiger partial charge is 0.0897 e. The van der Waals surface area contributed by atoms with Gasteiger partial charge in [0.15, 0.2) is 0 Å². The minimum Gasteiger partial charge on any atom is -0.313 e. The summed E-state index contributed by atoms with van der Waals surface area (Å²) >= 11 is 1.74. The maximum Gasteiger partial charge on any atom is 0.0897 e.